The van der Waals surface area contributed by atoms with E-state index in [-0.39, 0.29) is 6.61 Å². The van der Waals surface area contributed by atoms with E-state index in [1.807, 2.05) is 6.07 Å². The van der Waals surface area contributed by atoms with Gasteiger partial charge in [0.2, 0.25) is 0 Å². The maximum atomic E-state index is 10.6. The first-order valence-corrected chi connectivity index (χ1v) is 3.33. The third-order valence-corrected chi connectivity index (χ3v) is 1.01. The minimum atomic E-state index is -1.23. The summed E-state index contributed by atoms with van der Waals surface area (Å²) in [6.07, 6.45) is -0.655. The topological polar surface area (TPSA) is 87.4 Å². The normalized spacial score (nSPS) is 11.3. The lowest BCUT2D eigenvalue weighted by Gasteiger charge is -2.02. The van der Waals surface area contributed by atoms with Gasteiger partial charge in [0.1, 0.15) is 13.0 Å². The Kier molecular flexibility index (Phi) is 4.46. The van der Waals surface area contributed by atoms with Crippen molar-refractivity contribution in [2.24, 2.45) is 5.92 Å². The van der Waals surface area contributed by atoms with Gasteiger partial charge in [0.05, 0.1) is 12.0 Å². The molecule has 0 aromatic heterocycles. The van der Waals surface area contributed by atoms with Gasteiger partial charge in [-0.2, -0.15) is 5.26 Å². The molecular formula is C7H9NO4. The monoisotopic (exact) mass is 171 g/mol. The molecule has 0 aliphatic heterocycles. The Morgan fingerprint density at radius 2 is 2.25 bits per heavy atom. The number of hydrogen-bond acceptors (Lipinski definition) is 4. The van der Waals surface area contributed by atoms with Crippen molar-refractivity contribution in [2.45, 2.75) is 13.3 Å². The van der Waals surface area contributed by atoms with Crippen molar-refractivity contribution in [2.75, 3.05) is 6.61 Å². The molecule has 12 heavy (non-hydrogen) atoms. The van der Waals surface area contributed by atoms with Gasteiger partial charge in [-0.25, -0.2) is 0 Å². The first-order chi connectivity index (χ1) is 5.56. The molecule has 0 bridgehead atoms. The van der Waals surface area contributed by atoms with Crippen molar-refractivity contribution in [3.8, 4) is 6.07 Å². The molecule has 0 aliphatic rings. The molecule has 5 nitrogen and oxygen atoms in total. The Morgan fingerprint density at radius 1 is 1.67 bits per heavy atom. The number of nitriles is 1. The largest absolute Gasteiger partial charge is 0.481 e. The van der Waals surface area contributed by atoms with Crippen LogP contribution in [-0.2, 0) is 14.3 Å². The zero-order valence-corrected chi connectivity index (χ0v) is 6.61. The highest BCUT2D eigenvalue weighted by atomic mass is 16.5. The Bertz CT molecular complexity index is 218. The van der Waals surface area contributed by atoms with Crippen LogP contribution in [-0.4, -0.2) is 23.7 Å². The van der Waals surface area contributed by atoms with Crippen LogP contribution in [0.25, 0.3) is 0 Å². The lowest BCUT2D eigenvalue weighted by molar-refractivity contribution is -0.151. The van der Waals surface area contributed by atoms with Crippen LogP contribution in [0.15, 0.2) is 0 Å². The molecule has 0 aromatic carbocycles. The summed E-state index contributed by atoms with van der Waals surface area (Å²) >= 11 is 0. The molecule has 0 spiro atoms. The van der Waals surface area contributed by atoms with Gasteiger partial charge in [-0.05, 0) is 6.92 Å². The van der Waals surface area contributed by atoms with Gasteiger partial charge in [0.25, 0.3) is 0 Å². The molecule has 0 saturated heterocycles. The Labute approximate surface area is 69.6 Å². The summed E-state index contributed by atoms with van der Waals surface area (Å²) in [7, 11) is 0. The van der Waals surface area contributed by atoms with Crippen molar-refractivity contribution < 1.29 is 19.4 Å². The van der Waals surface area contributed by atoms with E-state index in [9.17, 15) is 9.59 Å². The number of carboxylic acids is 1. The summed E-state index contributed by atoms with van der Waals surface area (Å²) in [6.45, 7) is 1.52. The summed E-state index contributed by atoms with van der Waals surface area (Å²) in [5.74, 6) is -2.45. The maximum absolute atomic E-state index is 10.6. The summed E-state index contributed by atoms with van der Waals surface area (Å²) in [5.41, 5.74) is 0. The SMILES string of the molecule is CC(C#N)COC(=O)CC(=O)O. The smallest absolute Gasteiger partial charge is 0.317 e. The number of hydrogen-bond donors (Lipinski definition) is 1. The molecule has 1 unspecified atom stereocenters. The van der Waals surface area contributed by atoms with Crippen LogP contribution in [0, 0.1) is 17.2 Å². The molecule has 0 saturated carbocycles. The van der Waals surface area contributed by atoms with E-state index in [0.29, 0.717) is 0 Å². The van der Waals surface area contributed by atoms with Gasteiger partial charge >= 0.3 is 11.9 Å². The number of rotatable bonds is 4. The zero-order chi connectivity index (χ0) is 9.56. The third kappa shape index (κ3) is 5.23. The van der Waals surface area contributed by atoms with Gasteiger partial charge in [-0.15, -0.1) is 0 Å². The molecule has 5 heteroatoms. The first-order valence-electron chi connectivity index (χ1n) is 3.33. The van der Waals surface area contributed by atoms with E-state index < -0.39 is 24.3 Å². The zero-order valence-electron chi connectivity index (χ0n) is 6.61. The van der Waals surface area contributed by atoms with Crippen molar-refractivity contribution >= 4 is 11.9 Å². The molecule has 0 aromatic rings. The molecule has 0 radical (unpaired) electrons. The summed E-state index contributed by atoms with van der Waals surface area (Å²) in [6, 6.07) is 1.85. The number of ether oxygens (including phenoxy) is 1. The van der Waals surface area contributed by atoms with Crippen LogP contribution in [0.4, 0.5) is 0 Å². The Morgan fingerprint density at radius 3 is 2.67 bits per heavy atom. The van der Waals surface area contributed by atoms with E-state index in [1.165, 1.54) is 0 Å². The van der Waals surface area contributed by atoms with Crippen LogP contribution >= 0.6 is 0 Å². The molecule has 0 heterocycles. The fourth-order valence-corrected chi connectivity index (χ4v) is 0.430. The van der Waals surface area contributed by atoms with Crippen molar-refractivity contribution in [3.05, 3.63) is 0 Å². The molecule has 0 amide bonds. The number of aliphatic carboxylic acids is 1. The van der Waals surface area contributed by atoms with E-state index in [0.717, 1.165) is 0 Å². The minimum Gasteiger partial charge on any atom is -0.481 e. The first kappa shape index (κ1) is 10.4. The molecule has 0 fully saturated rings. The predicted molar refractivity (Wildman–Crippen MR) is 38.0 cm³/mol. The highest BCUT2D eigenvalue weighted by molar-refractivity contribution is 5.90. The fourth-order valence-electron chi connectivity index (χ4n) is 0.430. The third-order valence-electron chi connectivity index (χ3n) is 1.01. The van der Waals surface area contributed by atoms with Gasteiger partial charge in [0.15, 0.2) is 0 Å². The molecule has 1 N–H and O–H groups in total. The second kappa shape index (κ2) is 5.13. The molecule has 66 valence electrons. The summed E-state index contributed by atoms with van der Waals surface area (Å²) in [5, 5.41) is 16.4. The average Bonchev–Trinajstić information content (AvgIpc) is 1.99. The standard InChI is InChI=1S/C7H9NO4/c1-5(3-8)4-12-7(11)2-6(9)10/h5H,2,4H2,1H3,(H,9,10). The number of esters is 1. The quantitative estimate of drug-likeness (QED) is 0.481. The second-order valence-corrected chi connectivity index (χ2v) is 2.28. The average molecular weight is 171 g/mol. The lowest BCUT2D eigenvalue weighted by atomic mass is 10.2. The van der Waals surface area contributed by atoms with Gasteiger partial charge < -0.3 is 9.84 Å². The Balaban J connectivity index is 3.59. The minimum absolute atomic E-state index is 0.0530. The summed E-state index contributed by atoms with van der Waals surface area (Å²) < 4.78 is 4.46. The van der Waals surface area contributed by atoms with Crippen molar-refractivity contribution in [3.63, 3.8) is 0 Å². The number of nitrogens with zero attached hydrogens (tertiary/aromatic N) is 1. The van der Waals surface area contributed by atoms with E-state index in [2.05, 4.69) is 4.74 Å². The predicted octanol–water partition coefficient (Wildman–Crippen LogP) is 0.164. The van der Waals surface area contributed by atoms with Crippen molar-refractivity contribution in [1.29, 1.82) is 5.26 Å². The molecular weight excluding hydrogens is 162 g/mol. The van der Waals surface area contributed by atoms with Gasteiger partial charge in [-0.1, -0.05) is 0 Å². The van der Waals surface area contributed by atoms with Crippen LogP contribution in [0.3, 0.4) is 0 Å². The summed E-state index contributed by atoms with van der Waals surface area (Å²) in [4.78, 5) is 20.5. The van der Waals surface area contributed by atoms with Crippen LogP contribution < -0.4 is 0 Å². The van der Waals surface area contributed by atoms with Crippen LogP contribution in [0.1, 0.15) is 13.3 Å². The van der Waals surface area contributed by atoms with E-state index in [1.54, 1.807) is 6.92 Å². The highest BCUT2D eigenvalue weighted by Gasteiger charge is 2.10. The van der Waals surface area contributed by atoms with Crippen molar-refractivity contribution in [1.82, 2.24) is 0 Å². The van der Waals surface area contributed by atoms with E-state index in [4.69, 9.17) is 10.4 Å². The molecule has 0 aliphatic carbocycles. The van der Waals surface area contributed by atoms with Crippen LogP contribution in [0.5, 0.6) is 0 Å². The van der Waals surface area contributed by atoms with Gasteiger partial charge in [-0.3, -0.25) is 9.59 Å². The van der Waals surface area contributed by atoms with Gasteiger partial charge in [0, 0.05) is 0 Å². The highest BCUT2D eigenvalue weighted by Crippen LogP contribution is 1.94. The number of carbonyl (C=O) groups is 2. The van der Waals surface area contributed by atoms with Crippen LogP contribution in [0.2, 0.25) is 0 Å². The lowest BCUT2D eigenvalue weighted by Crippen LogP contribution is -2.14. The molecule has 1 atom stereocenters. The molecule has 0 rings (SSSR count). The maximum Gasteiger partial charge on any atom is 0.317 e. The number of carboxylic acid groups (broad SMARTS) is 1. The Hall–Kier alpha value is -1.57. The van der Waals surface area contributed by atoms with E-state index >= 15 is 0 Å². The fraction of sp³-hybridized carbons (Fsp3) is 0.571. The number of carbonyl (C=O) groups excluding carboxylic acids is 1. The second-order valence-electron chi connectivity index (χ2n) is 2.28.